The van der Waals surface area contributed by atoms with Crippen LogP contribution >= 0.6 is 0 Å². The Morgan fingerprint density at radius 1 is 1.14 bits per heavy atom. The van der Waals surface area contributed by atoms with E-state index in [1.54, 1.807) is 5.56 Å². The second-order valence-corrected chi connectivity index (χ2v) is 7.36. The lowest BCUT2D eigenvalue weighted by molar-refractivity contribution is -0.124. The van der Waals surface area contributed by atoms with Crippen LogP contribution in [0.1, 0.15) is 43.0 Å². The monoisotopic (exact) mass is 294 g/mol. The summed E-state index contributed by atoms with van der Waals surface area (Å²) in [6.07, 6.45) is 5.13. The Labute approximate surface area is 130 Å². The van der Waals surface area contributed by atoms with Gasteiger partial charge in [0.2, 0.25) is 0 Å². The van der Waals surface area contributed by atoms with Crippen LogP contribution in [0.15, 0.2) is 24.3 Å². The zero-order valence-corrected chi connectivity index (χ0v) is 12.8. The molecular weight excluding hydrogens is 272 g/mol. The molecular formula is C19H22N2O. The van der Waals surface area contributed by atoms with Gasteiger partial charge in [-0.05, 0) is 42.7 Å². The maximum absolute atomic E-state index is 11.8. The van der Waals surface area contributed by atoms with Crippen molar-refractivity contribution in [2.45, 2.75) is 38.1 Å². The van der Waals surface area contributed by atoms with Crippen molar-refractivity contribution in [3.05, 3.63) is 35.5 Å². The number of nitrogens with zero attached hydrogens (tertiary/aromatic N) is 1. The lowest BCUT2D eigenvalue weighted by atomic mass is 9.71. The number of Topliss-reactive ketones (excluding diaryl/α,β-unsaturated/α-hetero) is 1. The van der Waals surface area contributed by atoms with Crippen LogP contribution in [0.25, 0.3) is 10.9 Å². The van der Waals surface area contributed by atoms with Crippen molar-refractivity contribution in [2.75, 3.05) is 13.1 Å². The van der Waals surface area contributed by atoms with Gasteiger partial charge in [0.1, 0.15) is 5.78 Å². The molecule has 1 aliphatic carbocycles. The lowest BCUT2D eigenvalue weighted by Crippen LogP contribution is -2.47. The number of rotatable bonds is 0. The average molecular weight is 294 g/mol. The highest BCUT2D eigenvalue weighted by atomic mass is 16.1. The summed E-state index contributed by atoms with van der Waals surface area (Å²) in [6.45, 7) is 2.27. The molecule has 3 nitrogen and oxygen atoms in total. The Hall–Kier alpha value is -1.61. The zero-order valence-electron chi connectivity index (χ0n) is 12.8. The minimum atomic E-state index is 0.489. The third kappa shape index (κ3) is 1.81. The fraction of sp³-hybridized carbons (Fsp3) is 0.526. The number of carbonyl (C=O) groups excluding carboxylic acids is 1. The predicted molar refractivity (Wildman–Crippen MR) is 86.8 cm³/mol. The molecule has 22 heavy (non-hydrogen) atoms. The molecule has 5 rings (SSSR count). The van der Waals surface area contributed by atoms with Crippen molar-refractivity contribution < 1.29 is 4.79 Å². The van der Waals surface area contributed by atoms with Gasteiger partial charge in [0.05, 0.1) is 6.04 Å². The van der Waals surface area contributed by atoms with E-state index in [9.17, 15) is 4.79 Å². The molecule has 0 unspecified atom stereocenters. The van der Waals surface area contributed by atoms with E-state index >= 15 is 0 Å². The van der Waals surface area contributed by atoms with Crippen molar-refractivity contribution in [3.63, 3.8) is 0 Å². The van der Waals surface area contributed by atoms with Gasteiger partial charge in [-0.1, -0.05) is 18.2 Å². The molecule has 1 saturated heterocycles. The number of benzene rings is 1. The summed E-state index contributed by atoms with van der Waals surface area (Å²) >= 11 is 0. The van der Waals surface area contributed by atoms with Crippen LogP contribution < -0.4 is 0 Å². The predicted octanol–water partition coefficient (Wildman–Crippen LogP) is 3.46. The molecule has 0 amide bonds. The Bertz CT molecular complexity index is 747. The number of carbonyl (C=O) groups is 1. The lowest BCUT2D eigenvalue weighted by Gasteiger charge is -2.47. The standard InChI is InChI=1S/C19H22N2O/c22-14-6-5-12-10-18-19-16(7-8-21(18)11-13(12)9-14)15-3-1-2-4-17(15)20-19/h1-4,12-13,18,20H,5-11H2/t12-,13-,18+/m0/s1. The Balaban J connectivity index is 1.53. The number of H-pyrrole nitrogens is 1. The molecule has 0 radical (unpaired) electrons. The van der Waals surface area contributed by atoms with E-state index < -0.39 is 0 Å². The quantitative estimate of drug-likeness (QED) is 0.808. The van der Waals surface area contributed by atoms with Gasteiger partial charge in [0, 0.05) is 42.5 Å². The van der Waals surface area contributed by atoms with Crippen LogP contribution in [0.2, 0.25) is 0 Å². The van der Waals surface area contributed by atoms with E-state index in [1.807, 2.05) is 0 Å². The molecule has 3 heteroatoms. The first-order valence-electron chi connectivity index (χ1n) is 8.65. The highest BCUT2D eigenvalue weighted by Crippen LogP contribution is 2.46. The normalized spacial score (nSPS) is 31.6. The number of aromatic nitrogens is 1. The molecule has 1 N–H and O–H groups in total. The van der Waals surface area contributed by atoms with Gasteiger partial charge >= 0.3 is 0 Å². The fourth-order valence-corrected chi connectivity index (χ4v) is 5.11. The van der Waals surface area contributed by atoms with Crippen molar-refractivity contribution in [3.8, 4) is 0 Å². The van der Waals surface area contributed by atoms with Crippen LogP contribution in [-0.2, 0) is 11.2 Å². The van der Waals surface area contributed by atoms with Gasteiger partial charge in [0.25, 0.3) is 0 Å². The van der Waals surface area contributed by atoms with E-state index in [-0.39, 0.29) is 0 Å². The van der Waals surface area contributed by atoms with Crippen LogP contribution in [0.5, 0.6) is 0 Å². The van der Waals surface area contributed by atoms with E-state index in [4.69, 9.17) is 0 Å². The smallest absolute Gasteiger partial charge is 0.133 e. The molecule has 0 bridgehead atoms. The van der Waals surface area contributed by atoms with Crippen molar-refractivity contribution in [1.29, 1.82) is 0 Å². The second kappa shape index (κ2) is 4.69. The molecule has 1 saturated carbocycles. The van der Waals surface area contributed by atoms with E-state index in [2.05, 4.69) is 34.1 Å². The Morgan fingerprint density at radius 3 is 3.00 bits per heavy atom. The van der Waals surface area contributed by atoms with Gasteiger partial charge in [-0.2, -0.15) is 0 Å². The first kappa shape index (κ1) is 12.9. The largest absolute Gasteiger partial charge is 0.357 e. The second-order valence-electron chi connectivity index (χ2n) is 7.36. The van der Waals surface area contributed by atoms with Crippen LogP contribution in [-0.4, -0.2) is 28.8 Å². The summed E-state index contributed by atoms with van der Waals surface area (Å²) < 4.78 is 0. The van der Waals surface area contributed by atoms with Gasteiger partial charge in [-0.25, -0.2) is 0 Å². The van der Waals surface area contributed by atoms with Gasteiger partial charge in [-0.3, -0.25) is 9.69 Å². The van der Waals surface area contributed by atoms with Gasteiger partial charge < -0.3 is 4.98 Å². The fourth-order valence-electron chi connectivity index (χ4n) is 5.11. The summed E-state index contributed by atoms with van der Waals surface area (Å²) in [6, 6.07) is 9.26. The summed E-state index contributed by atoms with van der Waals surface area (Å²) in [5, 5.41) is 1.41. The molecule has 114 valence electrons. The summed E-state index contributed by atoms with van der Waals surface area (Å²) in [4.78, 5) is 18.1. The first-order valence-corrected chi connectivity index (χ1v) is 8.65. The molecule has 0 spiro atoms. The summed E-state index contributed by atoms with van der Waals surface area (Å²) in [7, 11) is 0. The molecule has 2 aliphatic heterocycles. The molecule has 1 aromatic carbocycles. The van der Waals surface area contributed by atoms with Crippen molar-refractivity contribution in [1.82, 2.24) is 9.88 Å². The van der Waals surface area contributed by atoms with E-state index in [1.165, 1.54) is 23.0 Å². The first-order chi connectivity index (χ1) is 10.8. The SMILES string of the molecule is O=C1CC[C@H]2C[C@@H]3c4[nH]c5ccccc5c4CCN3C[C@@H]2C1. The molecule has 3 heterocycles. The maximum atomic E-state index is 11.8. The number of hydrogen-bond acceptors (Lipinski definition) is 2. The van der Waals surface area contributed by atoms with Crippen LogP contribution in [0, 0.1) is 11.8 Å². The minimum Gasteiger partial charge on any atom is -0.357 e. The third-order valence-electron chi connectivity index (χ3n) is 6.22. The number of ketones is 1. The van der Waals surface area contributed by atoms with Crippen molar-refractivity contribution >= 4 is 16.7 Å². The molecule has 1 aromatic heterocycles. The molecule has 2 fully saturated rings. The van der Waals surface area contributed by atoms with Crippen LogP contribution in [0.3, 0.4) is 0 Å². The summed E-state index contributed by atoms with van der Waals surface area (Å²) in [5.74, 6) is 1.85. The Morgan fingerprint density at radius 2 is 2.05 bits per heavy atom. The minimum absolute atomic E-state index is 0.489. The number of piperidine rings is 1. The van der Waals surface area contributed by atoms with Gasteiger partial charge in [-0.15, -0.1) is 0 Å². The molecule has 2 aromatic rings. The van der Waals surface area contributed by atoms with E-state index in [0.29, 0.717) is 17.7 Å². The highest BCUT2D eigenvalue weighted by molar-refractivity contribution is 5.85. The Kier molecular flexibility index (Phi) is 2.75. The average Bonchev–Trinajstić information content (AvgIpc) is 2.92. The maximum Gasteiger partial charge on any atom is 0.133 e. The number of para-hydroxylation sites is 1. The zero-order chi connectivity index (χ0) is 14.7. The van der Waals surface area contributed by atoms with Crippen molar-refractivity contribution in [2.24, 2.45) is 11.8 Å². The summed E-state index contributed by atoms with van der Waals surface area (Å²) in [5.41, 5.74) is 4.29. The highest BCUT2D eigenvalue weighted by Gasteiger charge is 2.42. The van der Waals surface area contributed by atoms with E-state index in [0.717, 1.165) is 44.7 Å². The topological polar surface area (TPSA) is 36.1 Å². The number of hydrogen-bond donors (Lipinski definition) is 1. The number of fused-ring (bicyclic) bond motifs is 6. The van der Waals surface area contributed by atoms with Gasteiger partial charge in [0.15, 0.2) is 0 Å². The molecule has 3 atom stereocenters. The third-order valence-corrected chi connectivity index (χ3v) is 6.22. The number of nitrogens with one attached hydrogen (secondary N) is 1. The number of aromatic amines is 1. The van der Waals surface area contributed by atoms with Crippen LogP contribution in [0.4, 0.5) is 0 Å². The molecule has 3 aliphatic rings.